The molecule has 0 fully saturated rings. The molecule has 31 heavy (non-hydrogen) atoms. The van der Waals surface area contributed by atoms with E-state index in [9.17, 15) is 13.2 Å². The molecule has 11 heteroatoms. The molecule has 0 aliphatic rings. The molecule has 3 heterocycles. The van der Waals surface area contributed by atoms with Crippen molar-refractivity contribution in [3.63, 3.8) is 0 Å². The number of halogens is 3. The van der Waals surface area contributed by atoms with Crippen LogP contribution in [0.1, 0.15) is 5.69 Å². The van der Waals surface area contributed by atoms with Gasteiger partial charge < -0.3 is 16.2 Å². The summed E-state index contributed by atoms with van der Waals surface area (Å²) in [6, 6.07) is 8.70. The molecule has 0 atom stereocenters. The summed E-state index contributed by atoms with van der Waals surface area (Å²) in [6.07, 6.45) is 0.987. The molecule has 0 unspecified atom stereocenters. The largest absolute Gasteiger partial charge is 0.457 e. The van der Waals surface area contributed by atoms with E-state index in [0.717, 1.165) is 12.3 Å². The second kappa shape index (κ2) is 7.86. The molecule has 0 aliphatic heterocycles. The number of alkyl halides is 3. The van der Waals surface area contributed by atoms with E-state index in [-0.39, 0.29) is 17.5 Å². The van der Waals surface area contributed by atoms with Gasteiger partial charge in [0.2, 0.25) is 5.95 Å². The SMILES string of the molecule is Nc1nc(N)c(-c2ccc(Oc3ccnc(C(F)(F)F)c3)cc2)c(-c2cncnc2)n1. The number of nitrogens with zero attached hydrogens (tertiary/aromatic N) is 5. The molecule has 0 spiro atoms. The second-order valence-electron chi connectivity index (χ2n) is 6.32. The third-order valence-electron chi connectivity index (χ3n) is 4.19. The van der Waals surface area contributed by atoms with Crippen LogP contribution in [0, 0.1) is 0 Å². The molecular weight excluding hydrogens is 411 g/mol. The first kappa shape index (κ1) is 20.0. The van der Waals surface area contributed by atoms with Gasteiger partial charge in [0.15, 0.2) is 0 Å². The average molecular weight is 425 g/mol. The van der Waals surface area contributed by atoms with Gasteiger partial charge in [-0.05, 0) is 23.8 Å². The number of hydrogen-bond acceptors (Lipinski definition) is 8. The highest BCUT2D eigenvalue weighted by molar-refractivity contribution is 5.87. The molecule has 0 saturated heterocycles. The maximum absolute atomic E-state index is 12.8. The number of anilines is 2. The van der Waals surface area contributed by atoms with Crippen LogP contribution in [-0.4, -0.2) is 24.9 Å². The maximum atomic E-state index is 12.8. The summed E-state index contributed by atoms with van der Waals surface area (Å²) < 4.78 is 44.0. The van der Waals surface area contributed by atoms with E-state index >= 15 is 0 Å². The standard InChI is InChI=1S/C20H14F3N7O/c21-20(22,23)15-7-14(5-6-28-15)31-13-3-1-11(2-4-13)16-17(12-8-26-10-27-9-12)29-19(25)30-18(16)24/h1-10H,(H4,24,25,29,30). The Labute approximate surface area is 173 Å². The van der Waals surface area contributed by atoms with E-state index in [1.54, 1.807) is 36.7 Å². The minimum Gasteiger partial charge on any atom is -0.457 e. The van der Waals surface area contributed by atoms with Gasteiger partial charge in [-0.2, -0.15) is 18.2 Å². The van der Waals surface area contributed by atoms with Gasteiger partial charge in [0.25, 0.3) is 0 Å². The van der Waals surface area contributed by atoms with Crippen LogP contribution in [0.4, 0.5) is 24.9 Å². The van der Waals surface area contributed by atoms with Gasteiger partial charge in [-0.3, -0.25) is 4.98 Å². The minimum atomic E-state index is -4.56. The van der Waals surface area contributed by atoms with Gasteiger partial charge in [-0.25, -0.2) is 15.0 Å². The minimum absolute atomic E-state index is 0.00166. The fraction of sp³-hybridized carbons (Fsp3) is 0.0500. The number of aromatic nitrogens is 5. The van der Waals surface area contributed by atoms with Crippen LogP contribution >= 0.6 is 0 Å². The highest BCUT2D eigenvalue weighted by Crippen LogP contribution is 2.36. The quantitative estimate of drug-likeness (QED) is 0.503. The Morgan fingerprint density at radius 1 is 0.839 bits per heavy atom. The maximum Gasteiger partial charge on any atom is 0.433 e. The monoisotopic (exact) mass is 425 g/mol. The van der Waals surface area contributed by atoms with Crippen LogP contribution in [0.5, 0.6) is 11.5 Å². The van der Waals surface area contributed by atoms with E-state index in [4.69, 9.17) is 16.2 Å². The summed E-state index contributed by atoms with van der Waals surface area (Å²) in [4.78, 5) is 19.6. The van der Waals surface area contributed by atoms with Gasteiger partial charge in [0.05, 0.1) is 11.3 Å². The highest BCUT2D eigenvalue weighted by Gasteiger charge is 2.32. The number of pyridine rings is 1. The lowest BCUT2D eigenvalue weighted by Gasteiger charge is -2.13. The predicted octanol–water partition coefficient (Wildman–Crippen LogP) is 3.97. The van der Waals surface area contributed by atoms with E-state index in [1.165, 1.54) is 12.4 Å². The fourth-order valence-corrected chi connectivity index (χ4v) is 2.87. The van der Waals surface area contributed by atoms with Crippen LogP contribution in [0.15, 0.2) is 61.3 Å². The summed E-state index contributed by atoms with van der Waals surface area (Å²) in [5.41, 5.74) is 13.0. The zero-order valence-corrected chi connectivity index (χ0v) is 15.7. The third kappa shape index (κ3) is 4.34. The number of hydrogen-bond donors (Lipinski definition) is 2. The van der Waals surface area contributed by atoms with Crippen molar-refractivity contribution in [1.29, 1.82) is 0 Å². The number of ether oxygens (including phenoxy) is 1. The Morgan fingerprint density at radius 3 is 2.23 bits per heavy atom. The molecule has 4 rings (SSSR count). The van der Waals surface area contributed by atoms with Crippen LogP contribution in [0.2, 0.25) is 0 Å². The predicted molar refractivity (Wildman–Crippen MR) is 107 cm³/mol. The van der Waals surface area contributed by atoms with E-state index in [2.05, 4.69) is 24.9 Å². The molecular formula is C20H14F3N7O. The van der Waals surface area contributed by atoms with Crippen LogP contribution in [0.3, 0.4) is 0 Å². The van der Waals surface area contributed by atoms with Crippen LogP contribution < -0.4 is 16.2 Å². The summed E-state index contributed by atoms with van der Waals surface area (Å²) in [7, 11) is 0. The number of benzene rings is 1. The lowest BCUT2D eigenvalue weighted by atomic mass is 10.0. The average Bonchev–Trinajstić information content (AvgIpc) is 2.74. The van der Waals surface area contributed by atoms with E-state index in [0.29, 0.717) is 28.1 Å². The molecule has 0 radical (unpaired) electrons. The first-order chi connectivity index (χ1) is 14.8. The molecule has 0 amide bonds. The molecule has 8 nitrogen and oxygen atoms in total. The van der Waals surface area contributed by atoms with Gasteiger partial charge in [0.1, 0.15) is 29.3 Å². The van der Waals surface area contributed by atoms with Gasteiger partial charge in [-0.15, -0.1) is 0 Å². The molecule has 0 saturated carbocycles. The molecule has 4 aromatic rings. The number of rotatable bonds is 4. The lowest BCUT2D eigenvalue weighted by molar-refractivity contribution is -0.141. The Bertz CT molecular complexity index is 1220. The Hall–Kier alpha value is -4.28. The zero-order valence-electron chi connectivity index (χ0n) is 15.7. The summed E-state index contributed by atoms with van der Waals surface area (Å²) >= 11 is 0. The van der Waals surface area contributed by atoms with Crippen LogP contribution in [-0.2, 0) is 6.18 Å². The lowest BCUT2D eigenvalue weighted by Crippen LogP contribution is -2.07. The third-order valence-corrected chi connectivity index (χ3v) is 4.19. The molecule has 0 aliphatic carbocycles. The topological polar surface area (TPSA) is 126 Å². The molecule has 3 aromatic heterocycles. The Kier molecular flexibility index (Phi) is 5.07. The molecule has 4 N–H and O–H groups in total. The smallest absolute Gasteiger partial charge is 0.433 e. The van der Waals surface area contributed by atoms with Gasteiger partial charge >= 0.3 is 6.18 Å². The first-order valence-corrected chi connectivity index (χ1v) is 8.81. The Balaban J connectivity index is 1.67. The number of nitrogen functional groups attached to an aromatic ring is 2. The van der Waals surface area contributed by atoms with E-state index in [1.807, 2.05) is 0 Å². The van der Waals surface area contributed by atoms with Crippen LogP contribution in [0.25, 0.3) is 22.4 Å². The normalized spacial score (nSPS) is 11.3. The second-order valence-corrected chi connectivity index (χ2v) is 6.32. The molecule has 1 aromatic carbocycles. The fourth-order valence-electron chi connectivity index (χ4n) is 2.87. The van der Waals surface area contributed by atoms with Crippen molar-refractivity contribution in [2.24, 2.45) is 0 Å². The van der Waals surface area contributed by atoms with Gasteiger partial charge in [-0.1, -0.05) is 12.1 Å². The highest BCUT2D eigenvalue weighted by atomic mass is 19.4. The zero-order chi connectivity index (χ0) is 22.0. The van der Waals surface area contributed by atoms with Crippen molar-refractivity contribution in [3.8, 4) is 33.9 Å². The van der Waals surface area contributed by atoms with E-state index < -0.39 is 11.9 Å². The first-order valence-electron chi connectivity index (χ1n) is 8.81. The van der Waals surface area contributed by atoms with Crippen molar-refractivity contribution in [2.45, 2.75) is 6.18 Å². The van der Waals surface area contributed by atoms with Crippen molar-refractivity contribution in [3.05, 3.63) is 67.0 Å². The summed E-state index contributed by atoms with van der Waals surface area (Å²) in [5, 5.41) is 0. The Morgan fingerprint density at radius 2 is 1.55 bits per heavy atom. The van der Waals surface area contributed by atoms with Crippen molar-refractivity contribution in [2.75, 3.05) is 11.5 Å². The summed E-state index contributed by atoms with van der Waals surface area (Å²) in [5.74, 6) is 0.484. The van der Waals surface area contributed by atoms with Gasteiger partial charge in [0, 0.05) is 30.2 Å². The number of nitrogens with two attached hydrogens (primary N) is 2. The van der Waals surface area contributed by atoms with Crippen molar-refractivity contribution in [1.82, 2.24) is 24.9 Å². The van der Waals surface area contributed by atoms with Crippen molar-refractivity contribution < 1.29 is 17.9 Å². The molecule has 156 valence electrons. The molecule has 0 bridgehead atoms. The van der Waals surface area contributed by atoms with Crippen molar-refractivity contribution >= 4 is 11.8 Å². The summed E-state index contributed by atoms with van der Waals surface area (Å²) in [6.45, 7) is 0.